The number of hydrogen-bond donors (Lipinski definition) is 2. The summed E-state index contributed by atoms with van der Waals surface area (Å²) in [4.78, 5) is 1.62. The molecule has 0 saturated heterocycles. The van der Waals surface area contributed by atoms with E-state index in [9.17, 15) is 0 Å². The minimum absolute atomic E-state index is 0.295. The minimum Gasteiger partial charge on any atom is -0.396 e. The number of rotatable bonds is 5. The van der Waals surface area contributed by atoms with E-state index in [4.69, 9.17) is 5.11 Å². The molecule has 2 N–H and O–H groups in total. The van der Waals surface area contributed by atoms with Crippen LogP contribution in [0.3, 0.4) is 0 Å². The van der Waals surface area contributed by atoms with Crippen molar-refractivity contribution in [2.45, 2.75) is 25.3 Å². The van der Waals surface area contributed by atoms with Crippen LogP contribution in [0.15, 0.2) is 54.6 Å². The molecule has 0 aromatic heterocycles. The molecular weight excluding hydrogens is 258 g/mol. The highest BCUT2D eigenvalue weighted by atomic mass is 16.3. The zero-order chi connectivity index (χ0) is 14.5. The van der Waals surface area contributed by atoms with Gasteiger partial charge in [-0.15, -0.1) is 0 Å². The third-order valence-corrected chi connectivity index (χ3v) is 4.58. The Bertz CT molecular complexity index is 567. The molecule has 2 aromatic rings. The maximum Gasteiger partial charge on any atom is 0.117 e. The van der Waals surface area contributed by atoms with E-state index in [1.54, 1.807) is 4.90 Å². The quantitative estimate of drug-likeness (QED) is 0.859. The lowest BCUT2D eigenvalue weighted by molar-refractivity contribution is -0.934. The van der Waals surface area contributed by atoms with Crippen molar-refractivity contribution in [2.75, 3.05) is 19.7 Å². The van der Waals surface area contributed by atoms with E-state index in [1.165, 1.54) is 23.2 Å². The molecule has 2 nitrogen and oxygen atoms in total. The lowest BCUT2D eigenvalue weighted by atomic mass is 9.88. The zero-order valence-corrected chi connectivity index (χ0v) is 12.5. The van der Waals surface area contributed by atoms with E-state index in [0.29, 0.717) is 12.6 Å². The van der Waals surface area contributed by atoms with Crippen LogP contribution < -0.4 is 4.90 Å². The van der Waals surface area contributed by atoms with Gasteiger partial charge in [0.05, 0.1) is 13.1 Å². The summed E-state index contributed by atoms with van der Waals surface area (Å²) in [6.07, 6.45) is 3.13. The van der Waals surface area contributed by atoms with Crippen molar-refractivity contribution < 1.29 is 10.0 Å². The largest absolute Gasteiger partial charge is 0.396 e. The van der Waals surface area contributed by atoms with Gasteiger partial charge in [0, 0.05) is 31.4 Å². The molecule has 0 saturated carbocycles. The molecule has 0 fully saturated rings. The first-order chi connectivity index (χ1) is 10.4. The van der Waals surface area contributed by atoms with Gasteiger partial charge >= 0.3 is 0 Å². The van der Waals surface area contributed by atoms with Gasteiger partial charge in [0.25, 0.3) is 0 Å². The van der Waals surface area contributed by atoms with Crippen molar-refractivity contribution in [1.29, 1.82) is 0 Å². The third kappa shape index (κ3) is 3.34. The van der Waals surface area contributed by atoms with Gasteiger partial charge < -0.3 is 10.0 Å². The molecule has 2 heteroatoms. The fourth-order valence-corrected chi connectivity index (χ4v) is 3.50. The lowest BCUT2D eigenvalue weighted by Crippen LogP contribution is -3.13. The summed E-state index contributed by atoms with van der Waals surface area (Å²) < 4.78 is 0. The lowest BCUT2D eigenvalue weighted by Gasteiger charge is -2.34. The van der Waals surface area contributed by atoms with Gasteiger partial charge in [-0.05, 0) is 11.1 Å². The molecular formula is C19H24NO+. The van der Waals surface area contributed by atoms with E-state index in [-0.39, 0.29) is 0 Å². The Balaban J connectivity index is 1.86. The molecule has 1 unspecified atom stereocenters. The van der Waals surface area contributed by atoms with Gasteiger partial charge in [0.1, 0.15) is 6.04 Å². The monoisotopic (exact) mass is 282 g/mol. The first-order valence-electron chi connectivity index (χ1n) is 7.95. The summed E-state index contributed by atoms with van der Waals surface area (Å²) in [7, 11) is 0. The Morgan fingerprint density at radius 2 is 1.76 bits per heavy atom. The number of quaternary nitrogens is 1. The fourth-order valence-electron chi connectivity index (χ4n) is 3.50. The van der Waals surface area contributed by atoms with Crippen molar-refractivity contribution in [1.82, 2.24) is 0 Å². The smallest absolute Gasteiger partial charge is 0.117 e. The maximum absolute atomic E-state index is 9.15. The molecule has 1 aliphatic heterocycles. The predicted octanol–water partition coefficient (Wildman–Crippen LogP) is 1.79. The number of aliphatic hydroxyl groups excluding tert-OH is 1. The average molecular weight is 282 g/mol. The number of benzene rings is 2. The second-order valence-electron chi connectivity index (χ2n) is 5.93. The van der Waals surface area contributed by atoms with Gasteiger partial charge in [-0.2, -0.15) is 0 Å². The highest BCUT2D eigenvalue weighted by Gasteiger charge is 2.30. The van der Waals surface area contributed by atoms with Crippen LogP contribution in [0.4, 0.5) is 0 Å². The van der Waals surface area contributed by atoms with Crippen molar-refractivity contribution in [2.24, 2.45) is 0 Å². The predicted molar refractivity (Wildman–Crippen MR) is 85.4 cm³/mol. The average Bonchev–Trinajstić information content (AvgIpc) is 2.55. The molecule has 0 amide bonds. The van der Waals surface area contributed by atoms with Crippen molar-refractivity contribution in [3.8, 4) is 0 Å². The summed E-state index contributed by atoms with van der Waals surface area (Å²) >= 11 is 0. The molecule has 1 heterocycles. The van der Waals surface area contributed by atoms with Crippen LogP contribution in [0.1, 0.15) is 29.2 Å². The topological polar surface area (TPSA) is 24.7 Å². The highest BCUT2D eigenvalue weighted by Crippen LogP contribution is 2.23. The van der Waals surface area contributed by atoms with Gasteiger partial charge in [-0.3, -0.25) is 0 Å². The molecule has 0 bridgehead atoms. The Kier molecular flexibility index (Phi) is 4.69. The summed E-state index contributed by atoms with van der Waals surface area (Å²) in [5.41, 5.74) is 4.41. The number of nitrogens with one attached hydrogen (secondary N) is 1. The number of hydrogen-bond acceptors (Lipinski definition) is 1. The van der Waals surface area contributed by atoms with Crippen LogP contribution in [-0.2, 0) is 12.8 Å². The van der Waals surface area contributed by atoms with Crippen LogP contribution in [0.5, 0.6) is 0 Å². The van der Waals surface area contributed by atoms with E-state index < -0.39 is 0 Å². The van der Waals surface area contributed by atoms with Gasteiger partial charge in [-0.1, -0.05) is 54.6 Å². The SMILES string of the molecule is OCCC[NH+]1CCc2ccccc2[C@H]1Cc1ccccc1. The standard InChI is InChI=1S/C19H23NO/c21-14-6-12-20-13-11-17-9-4-5-10-18(17)19(20)15-16-7-2-1-3-8-16/h1-5,7-10,19,21H,6,11-15H2/p+1/t19-/m1/s1. The maximum atomic E-state index is 9.15. The van der Waals surface area contributed by atoms with Crippen molar-refractivity contribution >= 4 is 0 Å². The number of aliphatic hydroxyl groups is 1. The second kappa shape index (κ2) is 6.88. The van der Waals surface area contributed by atoms with Crippen molar-refractivity contribution in [3.05, 3.63) is 71.3 Å². The Morgan fingerprint density at radius 1 is 1.00 bits per heavy atom. The highest BCUT2D eigenvalue weighted by molar-refractivity contribution is 5.32. The number of fused-ring (bicyclic) bond motifs is 1. The third-order valence-electron chi connectivity index (χ3n) is 4.58. The second-order valence-corrected chi connectivity index (χ2v) is 5.93. The summed E-state index contributed by atoms with van der Waals surface area (Å²) in [5.74, 6) is 0. The van der Waals surface area contributed by atoms with E-state index in [1.807, 2.05) is 0 Å². The van der Waals surface area contributed by atoms with Crippen LogP contribution in [-0.4, -0.2) is 24.8 Å². The van der Waals surface area contributed by atoms with Gasteiger partial charge in [-0.25, -0.2) is 0 Å². The molecule has 0 spiro atoms. The van der Waals surface area contributed by atoms with Gasteiger partial charge in [0.15, 0.2) is 0 Å². The molecule has 3 rings (SSSR count). The van der Waals surface area contributed by atoms with Crippen LogP contribution >= 0.6 is 0 Å². The summed E-state index contributed by atoms with van der Waals surface area (Å²) in [6, 6.07) is 20.2. The molecule has 0 radical (unpaired) electrons. The first-order valence-corrected chi connectivity index (χ1v) is 7.95. The normalized spacial score (nSPS) is 21.0. The molecule has 110 valence electrons. The Labute approximate surface area is 127 Å². The Hall–Kier alpha value is -1.64. The van der Waals surface area contributed by atoms with E-state index in [2.05, 4.69) is 54.6 Å². The van der Waals surface area contributed by atoms with E-state index in [0.717, 1.165) is 25.8 Å². The summed E-state index contributed by atoms with van der Waals surface area (Å²) in [6.45, 7) is 2.53. The molecule has 0 aliphatic carbocycles. The summed E-state index contributed by atoms with van der Waals surface area (Å²) in [5, 5.41) is 9.15. The van der Waals surface area contributed by atoms with Crippen molar-refractivity contribution in [3.63, 3.8) is 0 Å². The van der Waals surface area contributed by atoms with Gasteiger partial charge in [0.2, 0.25) is 0 Å². The van der Waals surface area contributed by atoms with Crippen LogP contribution in [0.2, 0.25) is 0 Å². The molecule has 1 aliphatic rings. The van der Waals surface area contributed by atoms with E-state index >= 15 is 0 Å². The van der Waals surface area contributed by atoms with Crippen LogP contribution in [0.25, 0.3) is 0 Å². The molecule has 21 heavy (non-hydrogen) atoms. The minimum atomic E-state index is 0.295. The molecule has 2 aromatic carbocycles. The first kappa shape index (κ1) is 14.3. The Morgan fingerprint density at radius 3 is 2.57 bits per heavy atom. The molecule has 2 atom stereocenters. The van der Waals surface area contributed by atoms with Crippen LogP contribution in [0, 0.1) is 0 Å². The fraction of sp³-hybridized carbons (Fsp3) is 0.368. The zero-order valence-electron chi connectivity index (χ0n) is 12.5.